The molecule has 0 bridgehead atoms. The van der Waals surface area contributed by atoms with Gasteiger partial charge in [0.2, 0.25) is 5.88 Å². The number of rotatable bonds is 3. The van der Waals surface area contributed by atoms with Gasteiger partial charge in [-0.1, -0.05) is 12.1 Å². The minimum absolute atomic E-state index is 0.565. The summed E-state index contributed by atoms with van der Waals surface area (Å²) in [5, 5.41) is 11.2. The van der Waals surface area contributed by atoms with E-state index in [-0.39, 0.29) is 0 Å². The summed E-state index contributed by atoms with van der Waals surface area (Å²) in [5.74, 6) is -0.277. The first-order chi connectivity index (χ1) is 8.86. The second kappa shape index (κ2) is 4.53. The van der Waals surface area contributed by atoms with Crippen LogP contribution in [0.15, 0.2) is 24.3 Å². The Morgan fingerprint density at radius 3 is 2.58 bits per heavy atom. The molecule has 2 rings (SSSR count). The molecular formula is C15H17NO3. The summed E-state index contributed by atoms with van der Waals surface area (Å²) in [5.41, 5.74) is 0.681. The van der Waals surface area contributed by atoms with E-state index in [9.17, 15) is 9.90 Å². The Morgan fingerprint density at radius 1 is 1.32 bits per heavy atom. The van der Waals surface area contributed by atoms with Crippen LogP contribution in [0.3, 0.4) is 0 Å². The Hall–Kier alpha value is -2.10. The van der Waals surface area contributed by atoms with Gasteiger partial charge in [0.25, 0.3) is 0 Å². The molecule has 0 saturated carbocycles. The normalized spacial score (nSPS) is 11.6. The van der Waals surface area contributed by atoms with Gasteiger partial charge >= 0.3 is 5.97 Å². The predicted molar refractivity (Wildman–Crippen MR) is 73.7 cm³/mol. The van der Waals surface area contributed by atoms with Gasteiger partial charge < -0.3 is 9.84 Å². The summed E-state index contributed by atoms with van der Waals surface area (Å²) in [6.45, 7) is 5.29. The highest BCUT2D eigenvalue weighted by molar-refractivity contribution is 5.88. The molecule has 1 N–H and O–H groups in total. The molecule has 2 aromatic rings. The SMILES string of the molecule is COc1cc2ccc(C(C)(C)C(=O)O)cc2c(C)n1. The lowest BCUT2D eigenvalue weighted by molar-refractivity contribution is -0.142. The smallest absolute Gasteiger partial charge is 0.313 e. The van der Waals surface area contributed by atoms with Crippen LogP contribution in [0.25, 0.3) is 10.8 Å². The molecule has 0 aliphatic heterocycles. The van der Waals surface area contributed by atoms with E-state index in [1.54, 1.807) is 21.0 Å². The van der Waals surface area contributed by atoms with E-state index in [2.05, 4.69) is 4.98 Å². The van der Waals surface area contributed by atoms with Crippen molar-refractivity contribution in [1.29, 1.82) is 0 Å². The molecule has 0 radical (unpaired) electrons. The van der Waals surface area contributed by atoms with Crippen LogP contribution < -0.4 is 4.74 Å². The number of aromatic nitrogens is 1. The fourth-order valence-electron chi connectivity index (χ4n) is 2.00. The lowest BCUT2D eigenvalue weighted by atomic mass is 9.84. The topological polar surface area (TPSA) is 59.4 Å². The molecule has 1 aromatic carbocycles. The summed E-state index contributed by atoms with van der Waals surface area (Å²) < 4.78 is 5.13. The first-order valence-electron chi connectivity index (χ1n) is 6.05. The number of methoxy groups -OCH3 is 1. The van der Waals surface area contributed by atoms with Gasteiger partial charge in [0.15, 0.2) is 0 Å². The number of hydrogen-bond acceptors (Lipinski definition) is 3. The molecule has 1 heterocycles. The second-order valence-corrected chi connectivity index (χ2v) is 5.12. The summed E-state index contributed by atoms with van der Waals surface area (Å²) in [6, 6.07) is 7.49. The summed E-state index contributed by atoms with van der Waals surface area (Å²) in [7, 11) is 1.58. The van der Waals surface area contributed by atoms with Gasteiger partial charge in [0, 0.05) is 17.1 Å². The molecule has 0 amide bonds. The fourth-order valence-corrected chi connectivity index (χ4v) is 2.00. The van der Waals surface area contributed by atoms with Crippen molar-refractivity contribution in [3.8, 4) is 5.88 Å². The van der Waals surface area contributed by atoms with E-state index in [0.29, 0.717) is 5.88 Å². The molecule has 0 unspecified atom stereocenters. The molecule has 4 nitrogen and oxygen atoms in total. The van der Waals surface area contributed by atoms with Gasteiger partial charge in [0.1, 0.15) is 0 Å². The van der Waals surface area contributed by atoms with Crippen molar-refractivity contribution in [3.05, 3.63) is 35.5 Å². The molecule has 4 heteroatoms. The highest BCUT2D eigenvalue weighted by Gasteiger charge is 2.29. The molecule has 100 valence electrons. The molecule has 0 atom stereocenters. The average molecular weight is 259 g/mol. The number of aliphatic carboxylic acids is 1. The number of ether oxygens (including phenoxy) is 1. The monoisotopic (exact) mass is 259 g/mol. The van der Waals surface area contributed by atoms with Crippen molar-refractivity contribution in [2.75, 3.05) is 7.11 Å². The first-order valence-corrected chi connectivity index (χ1v) is 6.05. The number of pyridine rings is 1. The molecule has 1 aromatic heterocycles. The second-order valence-electron chi connectivity index (χ2n) is 5.12. The minimum atomic E-state index is -0.916. The third-order valence-electron chi connectivity index (χ3n) is 3.47. The van der Waals surface area contributed by atoms with E-state index in [4.69, 9.17) is 4.74 Å². The van der Waals surface area contributed by atoms with Crippen LogP contribution in [0.1, 0.15) is 25.1 Å². The van der Waals surface area contributed by atoms with Crippen LogP contribution in [0.5, 0.6) is 5.88 Å². The first kappa shape index (κ1) is 13.3. The van der Waals surface area contributed by atoms with Crippen molar-refractivity contribution < 1.29 is 14.6 Å². The van der Waals surface area contributed by atoms with Gasteiger partial charge in [-0.2, -0.15) is 0 Å². The van der Waals surface area contributed by atoms with Gasteiger partial charge in [0.05, 0.1) is 12.5 Å². The van der Waals surface area contributed by atoms with E-state index >= 15 is 0 Å². The molecule has 19 heavy (non-hydrogen) atoms. The predicted octanol–water partition coefficient (Wildman–Crippen LogP) is 2.91. The van der Waals surface area contributed by atoms with Crippen LogP contribution in [-0.4, -0.2) is 23.2 Å². The molecule has 0 aliphatic rings. The number of aryl methyl sites for hydroxylation is 1. The highest BCUT2D eigenvalue weighted by Crippen LogP contribution is 2.29. The largest absolute Gasteiger partial charge is 0.481 e. The van der Waals surface area contributed by atoms with E-state index in [1.165, 1.54) is 0 Å². The number of hydrogen-bond donors (Lipinski definition) is 1. The maximum atomic E-state index is 11.3. The molecular weight excluding hydrogens is 242 g/mol. The maximum Gasteiger partial charge on any atom is 0.313 e. The number of carboxylic acids is 1. The van der Waals surface area contributed by atoms with Crippen LogP contribution in [0, 0.1) is 6.92 Å². The third kappa shape index (κ3) is 2.26. The van der Waals surface area contributed by atoms with E-state index in [1.807, 2.05) is 31.2 Å². The lowest BCUT2D eigenvalue weighted by Crippen LogP contribution is -2.28. The van der Waals surface area contributed by atoms with Gasteiger partial charge in [-0.15, -0.1) is 0 Å². The van der Waals surface area contributed by atoms with Gasteiger partial charge in [-0.3, -0.25) is 4.79 Å². The zero-order chi connectivity index (χ0) is 14.2. The van der Waals surface area contributed by atoms with Crippen molar-refractivity contribution in [3.63, 3.8) is 0 Å². The average Bonchev–Trinajstić information content (AvgIpc) is 2.37. The van der Waals surface area contributed by atoms with Crippen molar-refractivity contribution in [1.82, 2.24) is 4.98 Å². The zero-order valence-corrected chi connectivity index (χ0v) is 11.5. The highest BCUT2D eigenvalue weighted by atomic mass is 16.5. The Balaban J connectivity index is 2.65. The van der Waals surface area contributed by atoms with Crippen molar-refractivity contribution >= 4 is 16.7 Å². The Kier molecular flexibility index (Phi) is 3.18. The van der Waals surface area contributed by atoms with Crippen molar-refractivity contribution in [2.24, 2.45) is 0 Å². The number of carbonyl (C=O) groups is 1. The molecule has 0 aliphatic carbocycles. The number of fused-ring (bicyclic) bond motifs is 1. The fraction of sp³-hybridized carbons (Fsp3) is 0.333. The van der Waals surface area contributed by atoms with Gasteiger partial charge in [-0.25, -0.2) is 4.98 Å². The van der Waals surface area contributed by atoms with E-state index < -0.39 is 11.4 Å². The molecule has 0 fully saturated rings. The summed E-state index contributed by atoms with van der Waals surface area (Å²) in [6.07, 6.45) is 0. The number of nitrogens with zero attached hydrogens (tertiary/aromatic N) is 1. The third-order valence-corrected chi connectivity index (χ3v) is 3.47. The lowest BCUT2D eigenvalue weighted by Gasteiger charge is -2.20. The quantitative estimate of drug-likeness (QED) is 0.920. The maximum absolute atomic E-state index is 11.3. The summed E-state index contributed by atoms with van der Waals surface area (Å²) >= 11 is 0. The molecule has 0 spiro atoms. The van der Waals surface area contributed by atoms with Crippen LogP contribution in [-0.2, 0) is 10.2 Å². The Bertz CT molecular complexity index is 647. The standard InChI is InChI=1S/C15H17NO3/c1-9-12-8-11(15(2,3)14(17)18)6-5-10(12)7-13(16-9)19-4/h5-8H,1-4H3,(H,17,18). The minimum Gasteiger partial charge on any atom is -0.481 e. The number of benzene rings is 1. The molecule has 0 saturated heterocycles. The van der Waals surface area contributed by atoms with Gasteiger partial charge in [-0.05, 0) is 37.8 Å². The van der Waals surface area contributed by atoms with Crippen LogP contribution >= 0.6 is 0 Å². The summed E-state index contributed by atoms with van der Waals surface area (Å²) in [4.78, 5) is 15.6. The zero-order valence-electron chi connectivity index (χ0n) is 11.5. The number of carboxylic acid groups (broad SMARTS) is 1. The van der Waals surface area contributed by atoms with E-state index in [0.717, 1.165) is 22.0 Å². The van der Waals surface area contributed by atoms with Crippen LogP contribution in [0.2, 0.25) is 0 Å². The Labute approximate surface area is 112 Å². The Morgan fingerprint density at radius 2 is 2.00 bits per heavy atom. The van der Waals surface area contributed by atoms with Crippen molar-refractivity contribution in [2.45, 2.75) is 26.2 Å². The van der Waals surface area contributed by atoms with Crippen LogP contribution in [0.4, 0.5) is 0 Å².